The second-order valence-corrected chi connectivity index (χ2v) is 12.0. The van der Waals surface area contributed by atoms with Gasteiger partial charge >= 0.3 is 0 Å². The zero-order valence-corrected chi connectivity index (χ0v) is 19.3. The van der Waals surface area contributed by atoms with Crippen molar-refractivity contribution in [2.45, 2.75) is 117 Å². The number of hydrogen-bond acceptors (Lipinski definition) is 3. The van der Waals surface area contributed by atoms with Crippen LogP contribution >= 0.6 is 0 Å². The molecule has 4 rings (SSSR count). The van der Waals surface area contributed by atoms with Crippen molar-refractivity contribution in [3.05, 3.63) is 0 Å². The quantitative estimate of drug-likeness (QED) is 0.552. The monoisotopic (exact) mass is 406 g/mol. The molecule has 29 heavy (non-hydrogen) atoms. The van der Waals surface area contributed by atoms with Gasteiger partial charge in [0.25, 0.3) is 0 Å². The normalized spacial score (nSPS) is 53.1. The molecule has 0 amide bonds. The Labute approximate surface area is 178 Å². The maximum absolute atomic E-state index is 11.6. The highest BCUT2D eigenvalue weighted by Gasteiger charge is 2.65. The van der Waals surface area contributed by atoms with Gasteiger partial charge in [-0.2, -0.15) is 0 Å². The van der Waals surface area contributed by atoms with Gasteiger partial charge in [0.15, 0.2) is 0 Å². The third kappa shape index (κ3) is 3.42. The summed E-state index contributed by atoms with van der Waals surface area (Å²) < 4.78 is 0. The van der Waals surface area contributed by atoms with Crippen molar-refractivity contribution in [1.82, 2.24) is 0 Å². The molecule has 3 nitrogen and oxygen atoms in total. The lowest BCUT2D eigenvalue weighted by atomic mass is 9.43. The predicted octanol–water partition coefficient (Wildman–Crippen LogP) is 5.16. The summed E-state index contributed by atoms with van der Waals surface area (Å²) in [6.45, 7) is 9.48. The summed E-state index contributed by atoms with van der Waals surface area (Å²) in [5, 5.41) is 33.1. The van der Waals surface area contributed by atoms with Gasteiger partial charge in [-0.3, -0.25) is 0 Å². The van der Waals surface area contributed by atoms with E-state index in [1.165, 1.54) is 38.5 Å². The van der Waals surface area contributed by atoms with Crippen LogP contribution in [0.4, 0.5) is 0 Å². The molecule has 0 aromatic heterocycles. The van der Waals surface area contributed by atoms with Crippen LogP contribution in [0.2, 0.25) is 0 Å². The molecule has 0 unspecified atom stereocenters. The van der Waals surface area contributed by atoms with Crippen LogP contribution in [0.5, 0.6) is 0 Å². The number of hydrogen-bond donors (Lipinski definition) is 3. The van der Waals surface area contributed by atoms with E-state index >= 15 is 0 Å². The minimum absolute atomic E-state index is 0.0366. The molecule has 0 heterocycles. The fraction of sp³-hybridized carbons (Fsp3) is 1.00. The van der Waals surface area contributed by atoms with E-state index < -0.39 is 0 Å². The molecule has 0 aromatic carbocycles. The molecule has 3 N–H and O–H groups in total. The third-order valence-electron chi connectivity index (χ3n) is 10.8. The Morgan fingerprint density at radius 1 is 0.931 bits per heavy atom. The number of rotatable bonds is 5. The largest absolute Gasteiger partial charge is 0.393 e. The van der Waals surface area contributed by atoms with Gasteiger partial charge < -0.3 is 15.3 Å². The van der Waals surface area contributed by atoms with Gasteiger partial charge in [0.05, 0.1) is 18.3 Å². The molecule has 4 saturated carbocycles. The molecule has 0 saturated heterocycles. The minimum atomic E-state index is -0.255. The van der Waals surface area contributed by atoms with Crippen molar-refractivity contribution in [2.24, 2.45) is 46.3 Å². The van der Waals surface area contributed by atoms with Crippen LogP contribution in [-0.4, -0.2) is 33.6 Å². The van der Waals surface area contributed by atoms with Gasteiger partial charge in [0, 0.05) is 0 Å². The third-order valence-corrected chi connectivity index (χ3v) is 10.8. The average molecular weight is 407 g/mol. The molecule has 11 atom stereocenters. The van der Waals surface area contributed by atoms with E-state index in [-0.39, 0.29) is 29.1 Å². The molecular weight excluding hydrogens is 360 g/mol. The highest BCUT2D eigenvalue weighted by atomic mass is 16.3. The van der Waals surface area contributed by atoms with E-state index in [1.54, 1.807) is 0 Å². The van der Waals surface area contributed by atoms with E-state index in [9.17, 15) is 15.3 Å². The summed E-state index contributed by atoms with van der Waals surface area (Å²) in [5.41, 5.74) is 0.140. The first-order chi connectivity index (χ1) is 13.7. The molecule has 168 valence electrons. The van der Waals surface area contributed by atoms with Gasteiger partial charge in [-0.15, -0.1) is 0 Å². The van der Waals surface area contributed by atoms with Crippen molar-refractivity contribution >= 4 is 0 Å². The van der Waals surface area contributed by atoms with Gasteiger partial charge in [0.1, 0.15) is 0 Å². The number of fused-ring (bicyclic) bond motifs is 5. The Hall–Kier alpha value is -0.120. The summed E-state index contributed by atoms with van der Waals surface area (Å²) >= 11 is 0. The van der Waals surface area contributed by atoms with Crippen molar-refractivity contribution in [1.29, 1.82) is 0 Å². The SMILES string of the molecule is CCCCC[C@@H](C)[C@H]1CC[C@H]2[C@@H]3[C@H](O)C[C@@H]4C[C@H](O)CC[C@]4(C)[C@H]3C[C@H](O)[C@]12C. The molecule has 3 heteroatoms. The molecule has 0 aliphatic heterocycles. The Morgan fingerprint density at radius 2 is 1.69 bits per heavy atom. The second-order valence-electron chi connectivity index (χ2n) is 12.0. The molecule has 0 aromatic rings. The summed E-state index contributed by atoms with van der Waals surface area (Å²) in [4.78, 5) is 0. The van der Waals surface area contributed by atoms with Crippen molar-refractivity contribution in [2.75, 3.05) is 0 Å². The molecule has 0 bridgehead atoms. The van der Waals surface area contributed by atoms with Gasteiger partial charge in [-0.05, 0) is 91.3 Å². The summed E-state index contributed by atoms with van der Waals surface area (Å²) in [7, 11) is 0. The van der Waals surface area contributed by atoms with E-state index in [1.807, 2.05) is 0 Å². The van der Waals surface area contributed by atoms with Crippen molar-refractivity contribution < 1.29 is 15.3 Å². The molecular formula is C26H46O3. The van der Waals surface area contributed by atoms with Crippen LogP contribution in [-0.2, 0) is 0 Å². The van der Waals surface area contributed by atoms with Gasteiger partial charge in [-0.1, -0.05) is 53.4 Å². The zero-order chi connectivity index (χ0) is 21.0. The molecule has 4 fully saturated rings. The topological polar surface area (TPSA) is 60.7 Å². The fourth-order valence-electron chi connectivity index (χ4n) is 9.05. The average Bonchev–Trinajstić information content (AvgIpc) is 3.03. The summed E-state index contributed by atoms with van der Waals surface area (Å²) in [6.07, 6.45) is 11.4. The van der Waals surface area contributed by atoms with Crippen LogP contribution in [0.15, 0.2) is 0 Å². The van der Waals surface area contributed by atoms with Crippen molar-refractivity contribution in [3.8, 4) is 0 Å². The van der Waals surface area contributed by atoms with E-state index in [4.69, 9.17) is 0 Å². The van der Waals surface area contributed by atoms with E-state index in [0.717, 1.165) is 32.1 Å². The first kappa shape index (κ1) is 22.1. The lowest BCUT2D eigenvalue weighted by Crippen LogP contribution is -2.62. The highest BCUT2D eigenvalue weighted by molar-refractivity contribution is 5.14. The number of unbranched alkanes of at least 4 members (excludes halogenated alkanes) is 2. The zero-order valence-electron chi connectivity index (χ0n) is 19.3. The Balaban J connectivity index is 1.58. The molecule has 0 spiro atoms. The van der Waals surface area contributed by atoms with Crippen LogP contribution in [0.1, 0.15) is 98.3 Å². The lowest BCUT2D eigenvalue weighted by molar-refractivity contribution is -0.207. The summed E-state index contributed by atoms with van der Waals surface area (Å²) in [6, 6.07) is 0. The van der Waals surface area contributed by atoms with Crippen LogP contribution < -0.4 is 0 Å². The molecule has 4 aliphatic carbocycles. The van der Waals surface area contributed by atoms with Crippen LogP contribution in [0.3, 0.4) is 0 Å². The maximum atomic E-state index is 11.6. The summed E-state index contributed by atoms with van der Waals surface area (Å²) in [5.74, 6) is 2.86. The van der Waals surface area contributed by atoms with Crippen LogP contribution in [0.25, 0.3) is 0 Å². The van der Waals surface area contributed by atoms with Crippen LogP contribution in [0, 0.1) is 46.3 Å². The number of aliphatic hydroxyl groups excluding tert-OH is 3. The molecule has 0 radical (unpaired) electrons. The Morgan fingerprint density at radius 3 is 2.41 bits per heavy atom. The number of aliphatic hydroxyl groups is 3. The maximum Gasteiger partial charge on any atom is 0.0602 e. The van der Waals surface area contributed by atoms with Crippen molar-refractivity contribution in [3.63, 3.8) is 0 Å². The minimum Gasteiger partial charge on any atom is -0.393 e. The molecule has 4 aliphatic rings. The first-order valence-electron chi connectivity index (χ1n) is 12.8. The standard InChI is InChI=1S/C26H46O3/c1-5-6-7-8-16(2)19-9-10-20-24-21(15-23(29)26(19,20)4)25(3)12-11-18(27)13-17(25)14-22(24)28/h16-24,27-29H,5-15H2,1-4H3/t16-,17+,18-,19-,20+,21+,22-,23+,24+,25+,26-/m1/s1. The first-order valence-corrected chi connectivity index (χ1v) is 12.8. The Bertz CT molecular complexity index is 578. The van der Waals surface area contributed by atoms with E-state index in [0.29, 0.717) is 35.5 Å². The smallest absolute Gasteiger partial charge is 0.0602 e. The van der Waals surface area contributed by atoms with Gasteiger partial charge in [-0.25, -0.2) is 0 Å². The fourth-order valence-corrected chi connectivity index (χ4v) is 9.05. The highest BCUT2D eigenvalue weighted by Crippen LogP contribution is 2.68. The predicted molar refractivity (Wildman–Crippen MR) is 117 cm³/mol. The second kappa shape index (κ2) is 8.10. The van der Waals surface area contributed by atoms with Gasteiger partial charge in [0.2, 0.25) is 0 Å². The Kier molecular flexibility index (Phi) is 6.17. The van der Waals surface area contributed by atoms with E-state index in [2.05, 4.69) is 27.7 Å². The lowest BCUT2D eigenvalue weighted by Gasteiger charge is -2.63.